The second-order valence-electron chi connectivity index (χ2n) is 4.93. The molecule has 18 heavy (non-hydrogen) atoms. The fourth-order valence-corrected chi connectivity index (χ4v) is 2.39. The summed E-state index contributed by atoms with van der Waals surface area (Å²) in [6.07, 6.45) is 8.63. The second-order valence-corrected chi connectivity index (χ2v) is 4.93. The van der Waals surface area contributed by atoms with E-state index in [-0.39, 0.29) is 0 Å². The summed E-state index contributed by atoms with van der Waals surface area (Å²) in [6.45, 7) is 13.0. The molecular formula is C17H26O. The predicted molar refractivity (Wildman–Crippen MR) is 80.6 cm³/mol. The smallest absolute Gasteiger partial charge is 0.112 e. The molecule has 0 saturated carbocycles. The molecule has 1 heteroatoms. The van der Waals surface area contributed by atoms with Crippen LogP contribution in [0, 0.1) is 12.8 Å². The topological polar surface area (TPSA) is 13.1 Å². The van der Waals surface area contributed by atoms with Gasteiger partial charge in [-0.3, -0.25) is 0 Å². The van der Waals surface area contributed by atoms with Crippen LogP contribution in [0.3, 0.4) is 0 Å². The summed E-state index contributed by atoms with van der Waals surface area (Å²) in [4.78, 5) is 0. The van der Waals surface area contributed by atoms with Crippen LogP contribution < -0.4 is 0 Å². The average molecular weight is 246 g/mol. The van der Waals surface area contributed by atoms with Crippen LogP contribution in [0.2, 0.25) is 0 Å². The lowest BCUT2D eigenvalue weighted by Gasteiger charge is -2.12. The monoisotopic (exact) mass is 246 g/mol. The maximum atomic E-state index is 5.93. The van der Waals surface area contributed by atoms with E-state index in [1.165, 1.54) is 16.7 Å². The molecule has 0 spiro atoms. The van der Waals surface area contributed by atoms with E-state index >= 15 is 0 Å². The lowest BCUT2D eigenvalue weighted by atomic mass is 9.91. The summed E-state index contributed by atoms with van der Waals surface area (Å²) in [6, 6.07) is 0. The third-order valence-corrected chi connectivity index (χ3v) is 3.27. The Morgan fingerprint density at radius 1 is 1.28 bits per heavy atom. The van der Waals surface area contributed by atoms with Gasteiger partial charge in [0, 0.05) is 17.5 Å². The Morgan fingerprint density at radius 2 is 1.94 bits per heavy atom. The van der Waals surface area contributed by atoms with Gasteiger partial charge in [0.1, 0.15) is 11.5 Å². The molecule has 0 saturated heterocycles. The molecule has 1 aromatic heterocycles. The van der Waals surface area contributed by atoms with Gasteiger partial charge in [-0.15, -0.1) is 0 Å². The van der Waals surface area contributed by atoms with Crippen molar-refractivity contribution in [2.24, 2.45) is 5.92 Å². The van der Waals surface area contributed by atoms with Gasteiger partial charge in [0.15, 0.2) is 0 Å². The molecule has 1 heterocycles. The standard InChI is InChI=1S/C17H26O/c1-7-10-11-15-13(6)18-16(9-3)17(15)14(8-2)12(4)5/h8,10-12H,7,9H2,1-6H3/b11-10-,14-8-. The highest BCUT2D eigenvalue weighted by molar-refractivity contribution is 5.77. The summed E-state index contributed by atoms with van der Waals surface area (Å²) in [5.74, 6) is 2.67. The van der Waals surface area contributed by atoms with E-state index in [0.717, 1.165) is 24.4 Å². The van der Waals surface area contributed by atoms with Crippen LogP contribution >= 0.6 is 0 Å². The fraction of sp³-hybridized carbons (Fsp3) is 0.529. The number of furan rings is 1. The molecule has 0 aromatic carbocycles. The maximum absolute atomic E-state index is 5.93. The minimum atomic E-state index is 0.520. The first-order valence-electron chi connectivity index (χ1n) is 7.02. The third kappa shape index (κ3) is 2.95. The summed E-state index contributed by atoms with van der Waals surface area (Å²) in [7, 11) is 0. The third-order valence-electron chi connectivity index (χ3n) is 3.27. The Bertz CT molecular complexity index is 444. The van der Waals surface area contributed by atoms with Crippen LogP contribution in [0.15, 0.2) is 16.6 Å². The molecule has 0 bridgehead atoms. The summed E-state index contributed by atoms with van der Waals surface area (Å²) < 4.78 is 5.93. The molecule has 1 nitrogen and oxygen atoms in total. The van der Waals surface area contributed by atoms with E-state index in [1.54, 1.807) is 0 Å². The van der Waals surface area contributed by atoms with Crippen molar-refractivity contribution in [1.82, 2.24) is 0 Å². The van der Waals surface area contributed by atoms with E-state index in [4.69, 9.17) is 4.42 Å². The van der Waals surface area contributed by atoms with Crippen LogP contribution in [-0.4, -0.2) is 0 Å². The van der Waals surface area contributed by atoms with Gasteiger partial charge in [0.05, 0.1) is 0 Å². The number of allylic oxidation sites excluding steroid dienone is 3. The molecule has 0 atom stereocenters. The first-order chi connectivity index (χ1) is 8.56. The van der Waals surface area contributed by atoms with Gasteiger partial charge in [0.2, 0.25) is 0 Å². The molecule has 100 valence electrons. The zero-order valence-electron chi connectivity index (χ0n) is 12.6. The van der Waals surface area contributed by atoms with Gasteiger partial charge < -0.3 is 4.42 Å². The lowest BCUT2D eigenvalue weighted by Crippen LogP contribution is -1.97. The number of hydrogen-bond donors (Lipinski definition) is 0. The maximum Gasteiger partial charge on any atom is 0.112 e. The van der Waals surface area contributed by atoms with Gasteiger partial charge in [-0.2, -0.15) is 0 Å². The fourth-order valence-electron chi connectivity index (χ4n) is 2.39. The molecule has 0 amide bonds. The van der Waals surface area contributed by atoms with Crippen molar-refractivity contribution in [3.63, 3.8) is 0 Å². The van der Waals surface area contributed by atoms with E-state index in [0.29, 0.717) is 5.92 Å². The van der Waals surface area contributed by atoms with Crippen LogP contribution in [0.1, 0.15) is 63.7 Å². The molecule has 0 N–H and O–H groups in total. The quantitative estimate of drug-likeness (QED) is 0.656. The molecular weight excluding hydrogens is 220 g/mol. The Hall–Kier alpha value is -1.24. The zero-order chi connectivity index (χ0) is 13.7. The van der Waals surface area contributed by atoms with Gasteiger partial charge >= 0.3 is 0 Å². The normalized spacial score (nSPS) is 12.9. The van der Waals surface area contributed by atoms with Crippen molar-refractivity contribution in [1.29, 1.82) is 0 Å². The van der Waals surface area contributed by atoms with Crippen LogP contribution in [0.25, 0.3) is 11.6 Å². The Labute approximate surface area is 112 Å². The van der Waals surface area contributed by atoms with Crippen molar-refractivity contribution in [2.45, 2.75) is 54.4 Å². The highest BCUT2D eigenvalue weighted by atomic mass is 16.3. The number of rotatable bonds is 5. The van der Waals surface area contributed by atoms with Crippen molar-refractivity contribution in [2.75, 3.05) is 0 Å². The first kappa shape index (κ1) is 14.8. The average Bonchev–Trinajstić information content (AvgIpc) is 2.64. The van der Waals surface area contributed by atoms with Gasteiger partial charge in [0.25, 0.3) is 0 Å². The van der Waals surface area contributed by atoms with Gasteiger partial charge in [-0.25, -0.2) is 0 Å². The highest BCUT2D eigenvalue weighted by Crippen LogP contribution is 2.34. The number of aryl methyl sites for hydroxylation is 2. The SMILES string of the molecule is C/C=C(\c1c(CC)oc(C)c1/C=C\CC)C(C)C. The van der Waals surface area contributed by atoms with E-state index in [1.807, 2.05) is 0 Å². The van der Waals surface area contributed by atoms with E-state index < -0.39 is 0 Å². The predicted octanol–water partition coefficient (Wildman–Crippen LogP) is 5.63. The molecule has 0 aliphatic rings. The molecule has 0 aliphatic heterocycles. The van der Waals surface area contributed by atoms with Crippen molar-refractivity contribution in [3.05, 3.63) is 34.8 Å². The van der Waals surface area contributed by atoms with Crippen LogP contribution in [0.4, 0.5) is 0 Å². The van der Waals surface area contributed by atoms with Crippen LogP contribution in [-0.2, 0) is 6.42 Å². The van der Waals surface area contributed by atoms with Crippen molar-refractivity contribution in [3.8, 4) is 0 Å². The van der Waals surface area contributed by atoms with Crippen molar-refractivity contribution >= 4 is 11.6 Å². The zero-order valence-corrected chi connectivity index (χ0v) is 12.6. The molecule has 0 fully saturated rings. The summed E-state index contributed by atoms with van der Waals surface area (Å²) in [5, 5.41) is 0. The first-order valence-corrected chi connectivity index (χ1v) is 7.02. The Morgan fingerprint density at radius 3 is 2.39 bits per heavy atom. The summed E-state index contributed by atoms with van der Waals surface area (Å²) in [5.41, 5.74) is 3.96. The molecule has 0 radical (unpaired) electrons. The molecule has 0 unspecified atom stereocenters. The van der Waals surface area contributed by atoms with E-state index in [9.17, 15) is 0 Å². The Balaban J connectivity index is 3.42. The second kappa shape index (κ2) is 6.63. The van der Waals surface area contributed by atoms with E-state index in [2.05, 4.69) is 59.8 Å². The van der Waals surface area contributed by atoms with Gasteiger partial charge in [-0.1, -0.05) is 45.9 Å². The lowest BCUT2D eigenvalue weighted by molar-refractivity contribution is 0.487. The largest absolute Gasteiger partial charge is 0.465 e. The minimum absolute atomic E-state index is 0.520. The van der Waals surface area contributed by atoms with Gasteiger partial charge in [-0.05, 0) is 31.8 Å². The van der Waals surface area contributed by atoms with Crippen LogP contribution in [0.5, 0.6) is 0 Å². The molecule has 1 aromatic rings. The minimum Gasteiger partial charge on any atom is -0.465 e. The van der Waals surface area contributed by atoms with Crippen molar-refractivity contribution < 1.29 is 4.42 Å². The Kier molecular flexibility index (Phi) is 5.46. The number of hydrogen-bond acceptors (Lipinski definition) is 1. The molecule has 0 aliphatic carbocycles. The highest BCUT2D eigenvalue weighted by Gasteiger charge is 2.19. The molecule has 1 rings (SSSR count). The summed E-state index contributed by atoms with van der Waals surface area (Å²) >= 11 is 0.